The van der Waals surface area contributed by atoms with E-state index in [1.165, 1.54) is 15.9 Å². The molecule has 0 atom stereocenters. The van der Waals surface area contributed by atoms with Crippen LogP contribution in [0.15, 0.2) is 34.4 Å². The van der Waals surface area contributed by atoms with Gasteiger partial charge in [0.15, 0.2) is 11.5 Å². The monoisotopic (exact) mass is 326 g/mol. The molecule has 0 spiro atoms. The highest BCUT2D eigenvalue weighted by Gasteiger charge is 2.15. The van der Waals surface area contributed by atoms with Gasteiger partial charge < -0.3 is 10.4 Å². The number of aliphatic hydroxyl groups is 1. The van der Waals surface area contributed by atoms with Crippen LogP contribution in [0.2, 0.25) is 0 Å². The zero-order chi connectivity index (χ0) is 16.0. The molecule has 116 valence electrons. The predicted molar refractivity (Wildman–Crippen MR) is 92.5 cm³/mol. The summed E-state index contributed by atoms with van der Waals surface area (Å²) in [6.45, 7) is 2.26. The molecule has 4 aromatic rings. The Hall–Kier alpha value is -2.51. The van der Waals surface area contributed by atoms with Crippen molar-refractivity contribution in [1.29, 1.82) is 0 Å². The van der Waals surface area contributed by atoms with Gasteiger partial charge in [0, 0.05) is 17.3 Å². The van der Waals surface area contributed by atoms with Crippen LogP contribution in [0.25, 0.3) is 26.6 Å². The Morgan fingerprint density at radius 2 is 2.09 bits per heavy atom. The van der Waals surface area contributed by atoms with Crippen molar-refractivity contribution in [3.8, 4) is 0 Å². The lowest BCUT2D eigenvalue weighted by atomic mass is 10.1. The Morgan fingerprint density at radius 1 is 1.30 bits per heavy atom. The number of aromatic nitrogens is 3. The molecule has 1 aromatic carbocycles. The van der Waals surface area contributed by atoms with E-state index < -0.39 is 0 Å². The van der Waals surface area contributed by atoms with Gasteiger partial charge in [-0.05, 0) is 17.9 Å². The largest absolute Gasteiger partial charge is 0.395 e. The highest BCUT2D eigenvalue weighted by Crippen LogP contribution is 2.26. The minimum atomic E-state index is -0.165. The summed E-state index contributed by atoms with van der Waals surface area (Å²) in [5.74, 6) is 0.568. The normalized spacial score (nSPS) is 11.6. The molecule has 7 heteroatoms. The smallest absolute Gasteiger partial charge is 0.283 e. The van der Waals surface area contributed by atoms with Crippen LogP contribution in [-0.2, 0) is 0 Å². The Morgan fingerprint density at radius 3 is 2.87 bits per heavy atom. The summed E-state index contributed by atoms with van der Waals surface area (Å²) >= 11 is 1.47. The fourth-order valence-corrected chi connectivity index (χ4v) is 3.64. The molecule has 0 saturated heterocycles. The second-order valence-corrected chi connectivity index (χ2v) is 6.15. The van der Waals surface area contributed by atoms with Gasteiger partial charge in [-0.1, -0.05) is 24.3 Å². The predicted octanol–water partition coefficient (Wildman–Crippen LogP) is 2.17. The molecule has 0 fully saturated rings. The molecule has 23 heavy (non-hydrogen) atoms. The van der Waals surface area contributed by atoms with Crippen molar-refractivity contribution >= 4 is 43.8 Å². The molecule has 0 aliphatic heterocycles. The Bertz CT molecular complexity index is 1100. The third-order valence-electron chi connectivity index (χ3n) is 3.80. The van der Waals surface area contributed by atoms with Crippen molar-refractivity contribution in [3.05, 3.63) is 45.6 Å². The Kier molecular flexibility index (Phi) is 3.24. The quantitative estimate of drug-likeness (QED) is 0.564. The van der Waals surface area contributed by atoms with Crippen molar-refractivity contribution in [2.24, 2.45) is 0 Å². The number of nitrogens with zero attached hydrogens (tertiary/aromatic N) is 3. The molecule has 0 saturated carbocycles. The van der Waals surface area contributed by atoms with E-state index in [1.807, 2.05) is 36.6 Å². The Labute approximate surface area is 135 Å². The first-order valence-electron chi connectivity index (χ1n) is 7.25. The van der Waals surface area contributed by atoms with E-state index in [-0.39, 0.29) is 12.2 Å². The van der Waals surface area contributed by atoms with Crippen molar-refractivity contribution in [2.45, 2.75) is 6.92 Å². The van der Waals surface area contributed by atoms with Crippen LogP contribution in [0.3, 0.4) is 0 Å². The van der Waals surface area contributed by atoms with Crippen molar-refractivity contribution in [2.75, 3.05) is 18.5 Å². The molecule has 0 aliphatic carbocycles. The lowest BCUT2D eigenvalue weighted by molar-refractivity contribution is 0.311. The number of hydrogen-bond acceptors (Lipinski definition) is 6. The maximum Gasteiger partial charge on any atom is 0.283 e. The van der Waals surface area contributed by atoms with E-state index in [9.17, 15) is 4.79 Å². The molecular weight excluding hydrogens is 312 g/mol. The minimum absolute atomic E-state index is 0.0101. The van der Waals surface area contributed by atoms with Crippen LogP contribution in [0.4, 0.5) is 5.82 Å². The number of fused-ring (bicyclic) bond motifs is 4. The maximum atomic E-state index is 12.8. The minimum Gasteiger partial charge on any atom is -0.395 e. The first-order valence-corrected chi connectivity index (χ1v) is 8.13. The lowest BCUT2D eigenvalue weighted by Crippen LogP contribution is -2.20. The molecule has 3 heterocycles. The molecule has 0 aliphatic rings. The van der Waals surface area contributed by atoms with E-state index in [1.54, 1.807) is 0 Å². The maximum absolute atomic E-state index is 12.8. The summed E-state index contributed by atoms with van der Waals surface area (Å²) in [7, 11) is 0. The number of aryl methyl sites for hydroxylation is 1. The van der Waals surface area contributed by atoms with E-state index in [4.69, 9.17) is 5.11 Å². The van der Waals surface area contributed by atoms with Gasteiger partial charge in [-0.15, -0.1) is 16.4 Å². The lowest BCUT2D eigenvalue weighted by Gasteiger charge is -2.10. The summed E-state index contributed by atoms with van der Waals surface area (Å²) < 4.78 is 1.35. The van der Waals surface area contributed by atoms with Crippen LogP contribution in [-0.4, -0.2) is 32.9 Å². The molecular formula is C16H14N4O2S. The summed E-state index contributed by atoms with van der Waals surface area (Å²) in [5, 5.41) is 20.8. The topological polar surface area (TPSA) is 79.5 Å². The third-order valence-corrected chi connectivity index (χ3v) is 4.79. The van der Waals surface area contributed by atoms with Crippen molar-refractivity contribution < 1.29 is 5.11 Å². The molecule has 3 aromatic heterocycles. The number of nitrogens with one attached hydrogen (secondary N) is 1. The van der Waals surface area contributed by atoms with Gasteiger partial charge >= 0.3 is 0 Å². The van der Waals surface area contributed by atoms with Crippen LogP contribution in [0.5, 0.6) is 0 Å². The Balaban J connectivity index is 2.18. The van der Waals surface area contributed by atoms with Gasteiger partial charge in [0.2, 0.25) is 0 Å². The molecule has 0 bridgehead atoms. The average molecular weight is 326 g/mol. The summed E-state index contributed by atoms with van der Waals surface area (Å²) in [5.41, 5.74) is 1.30. The fourth-order valence-electron chi connectivity index (χ4n) is 2.73. The average Bonchev–Trinajstić information content (AvgIpc) is 2.95. The van der Waals surface area contributed by atoms with Gasteiger partial charge in [0.05, 0.1) is 12.0 Å². The van der Waals surface area contributed by atoms with Gasteiger partial charge in [0.1, 0.15) is 4.83 Å². The summed E-state index contributed by atoms with van der Waals surface area (Å²) in [6.07, 6.45) is 0. The second kappa shape index (κ2) is 5.29. The van der Waals surface area contributed by atoms with Gasteiger partial charge in [-0.2, -0.15) is 4.52 Å². The molecule has 6 nitrogen and oxygen atoms in total. The van der Waals surface area contributed by atoms with Crippen LogP contribution in [0.1, 0.15) is 5.56 Å². The first-order chi connectivity index (χ1) is 11.2. The highest BCUT2D eigenvalue weighted by atomic mass is 32.1. The van der Waals surface area contributed by atoms with E-state index in [0.29, 0.717) is 23.4 Å². The molecule has 2 N–H and O–H groups in total. The number of rotatable bonds is 3. The summed E-state index contributed by atoms with van der Waals surface area (Å²) in [4.78, 5) is 18.2. The highest BCUT2D eigenvalue weighted by molar-refractivity contribution is 7.16. The van der Waals surface area contributed by atoms with E-state index >= 15 is 0 Å². The van der Waals surface area contributed by atoms with Gasteiger partial charge in [-0.25, -0.2) is 4.98 Å². The van der Waals surface area contributed by atoms with Crippen LogP contribution < -0.4 is 10.9 Å². The number of thiophene rings is 1. The standard InChI is InChI=1S/C16H14N4O2S/c1-9-8-23-15-12(9)16(22)20-14(18-15)11-5-3-2-4-10(11)13(19-20)17-6-7-21/h2-5,8,21H,6-7H2,1H3,(H,17,19). The zero-order valence-electron chi connectivity index (χ0n) is 12.4. The second-order valence-electron chi connectivity index (χ2n) is 5.30. The van der Waals surface area contributed by atoms with Crippen molar-refractivity contribution in [1.82, 2.24) is 14.6 Å². The molecule has 0 radical (unpaired) electrons. The molecule has 4 rings (SSSR count). The van der Waals surface area contributed by atoms with E-state index in [2.05, 4.69) is 15.4 Å². The first kappa shape index (κ1) is 14.1. The molecule has 0 amide bonds. The number of aliphatic hydroxyl groups excluding tert-OH is 1. The number of anilines is 1. The van der Waals surface area contributed by atoms with Crippen LogP contribution in [0, 0.1) is 6.92 Å². The molecule has 0 unspecified atom stereocenters. The summed E-state index contributed by atoms with van der Waals surface area (Å²) in [6, 6.07) is 7.68. The van der Waals surface area contributed by atoms with Gasteiger partial charge in [-0.3, -0.25) is 4.79 Å². The fraction of sp³-hybridized carbons (Fsp3) is 0.188. The van der Waals surface area contributed by atoms with E-state index in [0.717, 1.165) is 21.2 Å². The van der Waals surface area contributed by atoms with Crippen LogP contribution >= 0.6 is 11.3 Å². The number of benzene rings is 1. The third kappa shape index (κ3) is 2.08. The zero-order valence-corrected chi connectivity index (χ0v) is 13.2. The van der Waals surface area contributed by atoms with Gasteiger partial charge in [0.25, 0.3) is 5.56 Å². The van der Waals surface area contributed by atoms with Crippen molar-refractivity contribution in [3.63, 3.8) is 0 Å². The number of hydrogen-bond donors (Lipinski definition) is 2. The SMILES string of the molecule is Cc1csc2nc3c4ccccc4c(NCCO)nn3c(=O)c12.